The van der Waals surface area contributed by atoms with Crippen LogP contribution in [0.25, 0.3) is 22.9 Å². The van der Waals surface area contributed by atoms with Crippen LogP contribution in [0.4, 0.5) is 0 Å². The van der Waals surface area contributed by atoms with Crippen molar-refractivity contribution >= 4 is 5.91 Å². The number of rotatable bonds is 7. The summed E-state index contributed by atoms with van der Waals surface area (Å²) in [6, 6.07) is 22.1. The molecule has 4 rings (SSSR count). The number of aromatic hydroxyl groups is 1. The SMILES string of the molecule is Cc1ccc(-c2nnc(-c3ccc(C(=O)NCCCc4ccc(O)cc4)cc3)o2)cc1. The van der Waals surface area contributed by atoms with Gasteiger partial charge in [0.15, 0.2) is 0 Å². The van der Waals surface area contributed by atoms with E-state index in [-0.39, 0.29) is 11.7 Å². The lowest BCUT2D eigenvalue weighted by Gasteiger charge is -2.06. The fraction of sp³-hybridized carbons (Fsp3) is 0.160. The lowest BCUT2D eigenvalue weighted by atomic mass is 10.1. The minimum Gasteiger partial charge on any atom is -0.508 e. The number of amides is 1. The lowest BCUT2D eigenvalue weighted by molar-refractivity contribution is 0.0953. The van der Waals surface area contributed by atoms with Crippen LogP contribution in [0.2, 0.25) is 0 Å². The van der Waals surface area contributed by atoms with E-state index >= 15 is 0 Å². The Bertz CT molecular complexity index is 1150. The monoisotopic (exact) mass is 413 g/mol. The lowest BCUT2D eigenvalue weighted by Crippen LogP contribution is -2.24. The number of hydrogen-bond donors (Lipinski definition) is 2. The Morgan fingerprint density at radius 2 is 1.45 bits per heavy atom. The number of carbonyl (C=O) groups is 1. The fourth-order valence-corrected chi connectivity index (χ4v) is 3.18. The van der Waals surface area contributed by atoms with Crippen molar-refractivity contribution in [1.82, 2.24) is 15.5 Å². The van der Waals surface area contributed by atoms with Gasteiger partial charge in [0.2, 0.25) is 11.8 Å². The average molecular weight is 413 g/mol. The summed E-state index contributed by atoms with van der Waals surface area (Å²) in [5, 5.41) is 20.5. The summed E-state index contributed by atoms with van der Waals surface area (Å²) in [5.41, 5.74) is 4.49. The maximum atomic E-state index is 12.4. The molecular formula is C25H23N3O3. The van der Waals surface area contributed by atoms with Crippen LogP contribution in [0.15, 0.2) is 77.2 Å². The van der Waals surface area contributed by atoms with Crippen molar-refractivity contribution in [3.8, 4) is 28.7 Å². The van der Waals surface area contributed by atoms with Crippen LogP contribution in [0.1, 0.15) is 27.9 Å². The summed E-state index contributed by atoms with van der Waals surface area (Å²) in [6.45, 7) is 2.60. The minimum atomic E-state index is -0.122. The van der Waals surface area contributed by atoms with Crippen molar-refractivity contribution in [1.29, 1.82) is 0 Å². The predicted molar refractivity (Wildman–Crippen MR) is 119 cm³/mol. The van der Waals surface area contributed by atoms with Crippen LogP contribution in [0, 0.1) is 6.92 Å². The number of aromatic nitrogens is 2. The maximum Gasteiger partial charge on any atom is 0.251 e. The van der Waals surface area contributed by atoms with Crippen LogP contribution in [0.3, 0.4) is 0 Å². The molecule has 0 radical (unpaired) electrons. The van der Waals surface area contributed by atoms with Crippen molar-refractivity contribution in [2.45, 2.75) is 19.8 Å². The van der Waals surface area contributed by atoms with Gasteiger partial charge in [0.05, 0.1) is 0 Å². The summed E-state index contributed by atoms with van der Waals surface area (Å²) in [6.07, 6.45) is 1.65. The number of phenolic OH excluding ortho intramolecular Hbond substituents is 1. The number of nitrogens with one attached hydrogen (secondary N) is 1. The van der Waals surface area contributed by atoms with E-state index in [1.165, 1.54) is 0 Å². The molecule has 31 heavy (non-hydrogen) atoms. The van der Waals surface area contributed by atoms with Crippen molar-refractivity contribution in [2.75, 3.05) is 6.54 Å². The Morgan fingerprint density at radius 3 is 2.06 bits per heavy atom. The molecule has 6 heteroatoms. The predicted octanol–water partition coefficient (Wildman–Crippen LogP) is 4.78. The number of carbonyl (C=O) groups excluding carboxylic acids is 1. The summed E-state index contributed by atoms with van der Waals surface area (Å²) in [7, 11) is 0. The molecule has 1 heterocycles. The van der Waals surface area contributed by atoms with E-state index in [0.29, 0.717) is 23.9 Å². The van der Waals surface area contributed by atoms with E-state index < -0.39 is 0 Å². The molecule has 0 saturated heterocycles. The molecule has 1 aromatic heterocycles. The molecule has 0 spiro atoms. The van der Waals surface area contributed by atoms with Crippen LogP contribution in [-0.2, 0) is 6.42 Å². The van der Waals surface area contributed by atoms with E-state index in [2.05, 4.69) is 15.5 Å². The second-order valence-corrected chi connectivity index (χ2v) is 7.38. The highest BCUT2D eigenvalue weighted by Crippen LogP contribution is 2.24. The van der Waals surface area contributed by atoms with Gasteiger partial charge >= 0.3 is 0 Å². The summed E-state index contributed by atoms with van der Waals surface area (Å²) in [5.74, 6) is 1.01. The first-order valence-corrected chi connectivity index (χ1v) is 10.2. The van der Waals surface area contributed by atoms with Gasteiger partial charge in [-0.1, -0.05) is 29.8 Å². The van der Waals surface area contributed by atoms with E-state index in [9.17, 15) is 9.90 Å². The molecule has 156 valence electrons. The minimum absolute atomic E-state index is 0.122. The van der Waals surface area contributed by atoms with Crippen LogP contribution >= 0.6 is 0 Å². The molecule has 4 aromatic rings. The summed E-state index contributed by atoms with van der Waals surface area (Å²) in [4.78, 5) is 12.4. The van der Waals surface area contributed by atoms with Crippen molar-refractivity contribution in [2.24, 2.45) is 0 Å². The zero-order valence-electron chi connectivity index (χ0n) is 17.2. The van der Waals surface area contributed by atoms with Crippen molar-refractivity contribution in [3.63, 3.8) is 0 Å². The van der Waals surface area contributed by atoms with Gasteiger partial charge in [-0.3, -0.25) is 4.79 Å². The highest BCUT2D eigenvalue weighted by atomic mass is 16.4. The van der Waals surface area contributed by atoms with Crippen LogP contribution < -0.4 is 5.32 Å². The molecule has 0 aliphatic heterocycles. The van der Waals surface area contributed by atoms with Crippen molar-refractivity contribution in [3.05, 3.63) is 89.5 Å². The third-order valence-electron chi connectivity index (χ3n) is 4.98. The van der Waals surface area contributed by atoms with Gasteiger partial charge in [0.25, 0.3) is 5.91 Å². The first-order chi connectivity index (χ1) is 15.1. The fourth-order valence-electron chi connectivity index (χ4n) is 3.18. The van der Waals surface area contributed by atoms with E-state index in [1.54, 1.807) is 36.4 Å². The number of benzene rings is 3. The first-order valence-electron chi connectivity index (χ1n) is 10.2. The molecule has 3 aromatic carbocycles. The molecule has 0 unspecified atom stereocenters. The number of phenols is 1. The molecule has 2 N–H and O–H groups in total. The third kappa shape index (κ3) is 5.17. The highest BCUT2D eigenvalue weighted by molar-refractivity contribution is 5.94. The largest absolute Gasteiger partial charge is 0.508 e. The van der Waals surface area contributed by atoms with E-state index in [0.717, 1.165) is 35.1 Å². The zero-order valence-corrected chi connectivity index (χ0v) is 17.2. The average Bonchev–Trinajstić information content (AvgIpc) is 3.29. The van der Waals surface area contributed by atoms with Gasteiger partial charge in [-0.2, -0.15) is 0 Å². The Morgan fingerprint density at radius 1 is 0.871 bits per heavy atom. The molecular weight excluding hydrogens is 390 g/mol. The van der Waals surface area contributed by atoms with E-state index in [1.807, 2.05) is 43.3 Å². The second kappa shape index (κ2) is 9.26. The number of aryl methyl sites for hydroxylation is 2. The second-order valence-electron chi connectivity index (χ2n) is 7.38. The van der Waals surface area contributed by atoms with Gasteiger partial charge in [-0.15, -0.1) is 10.2 Å². The Balaban J connectivity index is 1.32. The molecule has 6 nitrogen and oxygen atoms in total. The molecule has 0 aliphatic carbocycles. The van der Waals surface area contributed by atoms with E-state index in [4.69, 9.17) is 4.42 Å². The molecule has 1 amide bonds. The van der Waals surface area contributed by atoms with Gasteiger partial charge in [0.1, 0.15) is 5.75 Å². The summed E-state index contributed by atoms with van der Waals surface area (Å²) < 4.78 is 5.79. The quantitative estimate of drug-likeness (QED) is 0.426. The molecule has 0 atom stereocenters. The van der Waals surface area contributed by atoms with Gasteiger partial charge in [0, 0.05) is 23.2 Å². The molecule has 0 aliphatic rings. The molecule has 0 fully saturated rings. The normalized spacial score (nSPS) is 10.7. The first kappa shape index (κ1) is 20.3. The maximum absolute atomic E-state index is 12.4. The molecule has 0 bridgehead atoms. The van der Waals surface area contributed by atoms with Crippen LogP contribution in [-0.4, -0.2) is 27.8 Å². The van der Waals surface area contributed by atoms with Crippen LogP contribution in [0.5, 0.6) is 5.75 Å². The number of hydrogen-bond acceptors (Lipinski definition) is 5. The van der Waals surface area contributed by atoms with Gasteiger partial charge < -0.3 is 14.8 Å². The molecule has 0 saturated carbocycles. The number of nitrogens with zero attached hydrogens (tertiary/aromatic N) is 2. The summed E-state index contributed by atoms with van der Waals surface area (Å²) >= 11 is 0. The smallest absolute Gasteiger partial charge is 0.251 e. The standard InChI is InChI=1S/C25H23N3O3/c1-17-4-8-20(9-5-17)24-27-28-25(31-24)21-12-10-19(11-13-21)23(30)26-16-2-3-18-6-14-22(29)15-7-18/h4-15,29H,2-3,16H2,1H3,(H,26,30). The third-order valence-corrected chi connectivity index (χ3v) is 4.98. The Kier molecular flexibility index (Phi) is 6.08. The zero-order chi connectivity index (χ0) is 21.6. The van der Waals surface area contributed by atoms with Gasteiger partial charge in [-0.05, 0) is 73.9 Å². The van der Waals surface area contributed by atoms with Gasteiger partial charge in [-0.25, -0.2) is 0 Å². The topological polar surface area (TPSA) is 88.2 Å². The highest BCUT2D eigenvalue weighted by Gasteiger charge is 2.12. The Labute approximate surface area is 180 Å². The van der Waals surface area contributed by atoms with Crippen molar-refractivity contribution < 1.29 is 14.3 Å². The Hall–Kier alpha value is -3.93.